The van der Waals surface area contributed by atoms with Crippen molar-refractivity contribution in [1.29, 1.82) is 0 Å². The van der Waals surface area contributed by atoms with E-state index in [1.807, 2.05) is 0 Å². The molecule has 0 aromatic carbocycles. The zero-order valence-corrected chi connectivity index (χ0v) is 7.31. The molecule has 11 heavy (non-hydrogen) atoms. The van der Waals surface area contributed by atoms with Crippen LogP contribution >= 0.6 is 0 Å². The SMILES string of the molecule is CCCCCN1CCC(=O)C1. The summed E-state index contributed by atoms with van der Waals surface area (Å²) in [5.41, 5.74) is 0. The third-order valence-corrected chi connectivity index (χ3v) is 2.18. The minimum Gasteiger partial charge on any atom is -0.298 e. The van der Waals surface area contributed by atoms with E-state index in [2.05, 4.69) is 11.8 Å². The van der Waals surface area contributed by atoms with Gasteiger partial charge in [-0.05, 0) is 13.0 Å². The van der Waals surface area contributed by atoms with E-state index in [0.717, 1.165) is 19.5 Å². The number of likely N-dealkylation sites (tertiary alicyclic amines) is 1. The topological polar surface area (TPSA) is 20.3 Å². The molecule has 2 nitrogen and oxygen atoms in total. The van der Waals surface area contributed by atoms with Crippen LogP contribution in [0.5, 0.6) is 0 Å². The van der Waals surface area contributed by atoms with Gasteiger partial charge in [-0.15, -0.1) is 0 Å². The first-order valence-corrected chi connectivity index (χ1v) is 4.57. The summed E-state index contributed by atoms with van der Waals surface area (Å²) >= 11 is 0. The third kappa shape index (κ3) is 3.02. The van der Waals surface area contributed by atoms with Gasteiger partial charge >= 0.3 is 0 Å². The van der Waals surface area contributed by atoms with Crippen LogP contribution in [0, 0.1) is 0 Å². The molecule has 0 bridgehead atoms. The second-order valence-electron chi connectivity index (χ2n) is 3.27. The molecule has 1 aliphatic heterocycles. The van der Waals surface area contributed by atoms with Crippen molar-refractivity contribution in [1.82, 2.24) is 4.90 Å². The smallest absolute Gasteiger partial charge is 0.148 e. The molecule has 0 N–H and O–H groups in total. The van der Waals surface area contributed by atoms with Crippen molar-refractivity contribution in [2.75, 3.05) is 19.6 Å². The predicted molar refractivity (Wildman–Crippen MR) is 45.6 cm³/mol. The van der Waals surface area contributed by atoms with Gasteiger partial charge in [0.2, 0.25) is 0 Å². The van der Waals surface area contributed by atoms with Crippen molar-refractivity contribution in [3.63, 3.8) is 0 Å². The highest BCUT2D eigenvalue weighted by Gasteiger charge is 2.17. The maximum atomic E-state index is 10.8. The Bertz CT molecular complexity index is 134. The molecule has 64 valence electrons. The van der Waals surface area contributed by atoms with E-state index in [1.165, 1.54) is 19.3 Å². The first-order chi connectivity index (χ1) is 5.33. The molecule has 1 aliphatic rings. The molecule has 0 spiro atoms. The lowest BCUT2D eigenvalue weighted by molar-refractivity contribution is -0.116. The van der Waals surface area contributed by atoms with Gasteiger partial charge < -0.3 is 0 Å². The molecule has 0 aromatic heterocycles. The van der Waals surface area contributed by atoms with Gasteiger partial charge in [-0.25, -0.2) is 0 Å². The Morgan fingerprint density at radius 3 is 2.82 bits per heavy atom. The fourth-order valence-electron chi connectivity index (χ4n) is 1.47. The molecule has 0 aromatic rings. The van der Waals surface area contributed by atoms with E-state index in [4.69, 9.17) is 0 Å². The molecule has 1 saturated heterocycles. The fourth-order valence-corrected chi connectivity index (χ4v) is 1.47. The van der Waals surface area contributed by atoms with Crippen molar-refractivity contribution in [3.05, 3.63) is 0 Å². The van der Waals surface area contributed by atoms with E-state index in [-0.39, 0.29) is 0 Å². The number of rotatable bonds is 4. The molecule has 1 heterocycles. The minimum absolute atomic E-state index is 0.418. The van der Waals surface area contributed by atoms with Crippen LogP contribution in [0.3, 0.4) is 0 Å². The number of ketones is 1. The average molecular weight is 155 g/mol. The van der Waals surface area contributed by atoms with Crippen LogP contribution in [0.1, 0.15) is 32.6 Å². The normalized spacial score (nSPS) is 19.5. The fraction of sp³-hybridized carbons (Fsp3) is 0.889. The molecule has 0 radical (unpaired) electrons. The van der Waals surface area contributed by atoms with Gasteiger partial charge in [-0.2, -0.15) is 0 Å². The summed E-state index contributed by atoms with van der Waals surface area (Å²) in [4.78, 5) is 13.1. The lowest BCUT2D eigenvalue weighted by atomic mass is 10.2. The Morgan fingerprint density at radius 1 is 1.45 bits per heavy atom. The van der Waals surface area contributed by atoms with Crippen LogP contribution in [0.2, 0.25) is 0 Å². The van der Waals surface area contributed by atoms with Gasteiger partial charge in [0.25, 0.3) is 0 Å². The van der Waals surface area contributed by atoms with Gasteiger partial charge in [-0.1, -0.05) is 19.8 Å². The zero-order chi connectivity index (χ0) is 8.10. The minimum atomic E-state index is 0.418. The second kappa shape index (κ2) is 4.50. The van der Waals surface area contributed by atoms with Crippen molar-refractivity contribution >= 4 is 5.78 Å². The highest BCUT2D eigenvalue weighted by atomic mass is 16.1. The molecule has 0 aliphatic carbocycles. The largest absolute Gasteiger partial charge is 0.298 e. The van der Waals surface area contributed by atoms with Gasteiger partial charge in [-0.3, -0.25) is 9.69 Å². The standard InChI is InChI=1S/C9H17NO/c1-2-3-4-6-10-7-5-9(11)8-10/h2-8H2,1H3. The molecule has 1 rings (SSSR count). The van der Waals surface area contributed by atoms with Crippen LogP contribution in [-0.2, 0) is 4.79 Å². The van der Waals surface area contributed by atoms with Crippen molar-refractivity contribution < 1.29 is 4.79 Å². The van der Waals surface area contributed by atoms with E-state index >= 15 is 0 Å². The number of carbonyl (C=O) groups is 1. The maximum Gasteiger partial charge on any atom is 0.148 e. The van der Waals surface area contributed by atoms with Crippen LogP contribution in [0.25, 0.3) is 0 Å². The molecule has 0 amide bonds. The summed E-state index contributed by atoms with van der Waals surface area (Å²) in [5, 5.41) is 0. The molecule has 0 atom stereocenters. The number of hydrogen-bond acceptors (Lipinski definition) is 2. The van der Waals surface area contributed by atoms with Gasteiger partial charge in [0.1, 0.15) is 5.78 Å². The van der Waals surface area contributed by atoms with E-state index < -0.39 is 0 Å². The number of Topliss-reactive ketones (excluding diaryl/α,β-unsaturated/α-hetero) is 1. The lowest BCUT2D eigenvalue weighted by Crippen LogP contribution is -2.21. The number of nitrogens with zero attached hydrogens (tertiary/aromatic N) is 1. The Morgan fingerprint density at radius 2 is 2.27 bits per heavy atom. The molecule has 0 saturated carbocycles. The number of hydrogen-bond donors (Lipinski definition) is 0. The summed E-state index contributed by atoms with van der Waals surface area (Å²) in [7, 11) is 0. The Balaban J connectivity index is 2.04. The van der Waals surface area contributed by atoms with Gasteiger partial charge in [0, 0.05) is 13.0 Å². The van der Waals surface area contributed by atoms with Crippen LogP contribution in [0.15, 0.2) is 0 Å². The van der Waals surface area contributed by atoms with E-state index in [0.29, 0.717) is 12.3 Å². The predicted octanol–water partition coefficient (Wildman–Crippen LogP) is 1.45. The van der Waals surface area contributed by atoms with E-state index in [1.54, 1.807) is 0 Å². The Labute approximate surface area is 68.6 Å². The summed E-state index contributed by atoms with van der Waals surface area (Å²) in [6, 6.07) is 0. The summed E-state index contributed by atoms with van der Waals surface area (Å²) in [6.45, 7) is 5.04. The summed E-state index contributed by atoms with van der Waals surface area (Å²) < 4.78 is 0. The molecular weight excluding hydrogens is 138 g/mol. The van der Waals surface area contributed by atoms with Crippen LogP contribution in [0.4, 0.5) is 0 Å². The quantitative estimate of drug-likeness (QED) is 0.573. The summed E-state index contributed by atoms with van der Waals surface area (Å²) in [6.07, 6.45) is 4.60. The van der Waals surface area contributed by atoms with Crippen LogP contribution in [-0.4, -0.2) is 30.3 Å². The highest BCUT2D eigenvalue weighted by Crippen LogP contribution is 2.05. The van der Waals surface area contributed by atoms with E-state index in [9.17, 15) is 4.79 Å². The van der Waals surface area contributed by atoms with Gasteiger partial charge in [0.15, 0.2) is 0 Å². The molecule has 0 unspecified atom stereocenters. The first kappa shape index (κ1) is 8.72. The van der Waals surface area contributed by atoms with Crippen molar-refractivity contribution in [2.24, 2.45) is 0 Å². The van der Waals surface area contributed by atoms with Crippen LogP contribution < -0.4 is 0 Å². The summed E-state index contributed by atoms with van der Waals surface area (Å²) in [5.74, 6) is 0.418. The molecular formula is C9H17NO. The second-order valence-corrected chi connectivity index (χ2v) is 3.27. The number of unbranched alkanes of at least 4 members (excludes halogenated alkanes) is 2. The number of carbonyl (C=O) groups excluding carboxylic acids is 1. The van der Waals surface area contributed by atoms with Gasteiger partial charge in [0.05, 0.1) is 6.54 Å². The maximum absolute atomic E-state index is 10.8. The Hall–Kier alpha value is -0.370. The molecule has 2 heteroatoms. The Kier molecular flexibility index (Phi) is 3.57. The first-order valence-electron chi connectivity index (χ1n) is 4.57. The lowest BCUT2D eigenvalue weighted by Gasteiger charge is -2.11. The monoisotopic (exact) mass is 155 g/mol. The van der Waals surface area contributed by atoms with Crippen molar-refractivity contribution in [3.8, 4) is 0 Å². The molecule has 1 fully saturated rings. The third-order valence-electron chi connectivity index (χ3n) is 2.18. The van der Waals surface area contributed by atoms with Crippen molar-refractivity contribution in [2.45, 2.75) is 32.6 Å². The zero-order valence-electron chi connectivity index (χ0n) is 7.31. The average Bonchev–Trinajstić information content (AvgIpc) is 2.37. The highest BCUT2D eigenvalue weighted by molar-refractivity contribution is 5.82.